The second-order valence-corrected chi connectivity index (χ2v) is 11.9. The largest absolute Gasteiger partial charge is 0.309 e. The Hall–Kier alpha value is -4.88. The van der Waals surface area contributed by atoms with Gasteiger partial charge in [0.25, 0.3) is 0 Å². The number of aromatic nitrogens is 1. The summed E-state index contributed by atoms with van der Waals surface area (Å²) in [6.07, 6.45) is 0. The number of para-hydroxylation sites is 1. The molecule has 0 bridgehead atoms. The minimum atomic E-state index is -0.00388. The van der Waals surface area contributed by atoms with Crippen LogP contribution >= 0.6 is 0 Å². The lowest BCUT2D eigenvalue weighted by atomic mass is 9.81. The van der Waals surface area contributed by atoms with Crippen LogP contribution in [0.3, 0.4) is 0 Å². The number of nitrogens with zero attached hydrogens (tertiary/aromatic N) is 1. The summed E-state index contributed by atoms with van der Waals surface area (Å²) >= 11 is 0. The maximum Gasteiger partial charge on any atom is 0.0541 e. The van der Waals surface area contributed by atoms with Crippen molar-refractivity contribution in [1.29, 1.82) is 0 Å². The summed E-state index contributed by atoms with van der Waals surface area (Å²) in [5, 5.41) is 2.56. The van der Waals surface area contributed by atoms with Crippen LogP contribution in [0, 0.1) is 6.92 Å². The Kier molecular flexibility index (Phi) is 5.15. The maximum absolute atomic E-state index is 2.41. The molecule has 1 aliphatic carbocycles. The second-order valence-electron chi connectivity index (χ2n) is 11.9. The van der Waals surface area contributed by atoms with E-state index in [-0.39, 0.29) is 5.41 Å². The Morgan fingerprint density at radius 3 is 1.98 bits per heavy atom. The zero-order valence-corrected chi connectivity index (χ0v) is 23.6. The van der Waals surface area contributed by atoms with Gasteiger partial charge in [0, 0.05) is 21.9 Å². The molecule has 0 amide bonds. The molecule has 1 nitrogen and oxygen atoms in total. The number of aryl methyl sites for hydroxylation is 1. The van der Waals surface area contributed by atoms with Gasteiger partial charge in [-0.05, 0) is 99.5 Å². The fourth-order valence-electron chi connectivity index (χ4n) is 6.96. The summed E-state index contributed by atoms with van der Waals surface area (Å²) in [5.74, 6) is 0. The first kappa shape index (κ1) is 24.0. The molecule has 0 unspecified atom stereocenters. The van der Waals surface area contributed by atoms with Crippen LogP contribution < -0.4 is 0 Å². The first-order valence-electron chi connectivity index (χ1n) is 14.4. The van der Waals surface area contributed by atoms with Crippen LogP contribution in [-0.4, -0.2) is 4.57 Å². The Morgan fingerprint density at radius 2 is 1.12 bits per heavy atom. The van der Waals surface area contributed by atoms with E-state index in [1.54, 1.807) is 0 Å². The molecule has 8 rings (SSSR count). The molecule has 0 fully saturated rings. The number of benzene rings is 6. The lowest BCUT2D eigenvalue weighted by molar-refractivity contribution is 0.660. The third kappa shape index (κ3) is 3.62. The minimum absolute atomic E-state index is 0.00388. The molecule has 41 heavy (non-hydrogen) atoms. The van der Waals surface area contributed by atoms with Gasteiger partial charge in [-0.1, -0.05) is 105 Å². The Balaban J connectivity index is 1.24. The quantitative estimate of drug-likeness (QED) is 0.216. The maximum atomic E-state index is 2.41. The van der Waals surface area contributed by atoms with Gasteiger partial charge >= 0.3 is 0 Å². The molecule has 7 aromatic rings. The number of hydrogen-bond acceptors (Lipinski definition) is 0. The molecular formula is C40H31N. The third-order valence-corrected chi connectivity index (χ3v) is 9.05. The van der Waals surface area contributed by atoms with Crippen molar-refractivity contribution in [1.82, 2.24) is 4.57 Å². The number of fused-ring (bicyclic) bond motifs is 6. The van der Waals surface area contributed by atoms with Crippen LogP contribution in [0.4, 0.5) is 0 Å². The summed E-state index contributed by atoms with van der Waals surface area (Å²) < 4.78 is 2.39. The van der Waals surface area contributed by atoms with E-state index in [1.165, 1.54) is 77.6 Å². The molecule has 1 aromatic heterocycles. The van der Waals surface area contributed by atoms with Crippen LogP contribution in [0.5, 0.6) is 0 Å². The van der Waals surface area contributed by atoms with E-state index < -0.39 is 0 Å². The molecule has 1 heterocycles. The third-order valence-electron chi connectivity index (χ3n) is 9.05. The van der Waals surface area contributed by atoms with Gasteiger partial charge in [-0.2, -0.15) is 0 Å². The van der Waals surface area contributed by atoms with Crippen LogP contribution in [0.15, 0.2) is 133 Å². The average molecular weight is 526 g/mol. The van der Waals surface area contributed by atoms with Crippen molar-refractivity contribution in [2.75, 3.05) is 0 Å². The van der Waals surface area contributed by atoms with Gasteiger partial charge in [0.15, 0.2) is 0 Å². The van der Waals surface area contributed by atoms with E-state index in [1.807, 2.05) is 0 Å². The Morgan fingerprint density at radius 1 is 0.463 bits per heavy atom. The summed E-state index contributed by atoms with van der Waals surface area (Å²) in [7, 11) is 0. The normalized spacial score (nSPS) is 13.4. The van der Waals surface area contributed by atoms with Crippen LogP contribution in [0.25, 0.3) is 60.9 Å². The average Bonchev–Trinajstić information content (AvgIpc) is 3.46. The SMILES string of the molecule is Cc1cccc(-n2c3ccccc3c3cc(-c4cccc(-c5ccc6c(c5)C(C)(C)c5ccccc5-6)c4)ccc32)c1. The zero-order valence-electron chi connectivity index (χ0n) is 23.6. The molecular weight excluding hydrogens is 494 g/mol. The highest BCUT2D eigenvalue weighted by Gasteiger charge is 2.35. The molecule has 0 aliphatic heterocycles. The predicted octanol–water partition coefficient (Wildman–Crippen LogP) is 10.7. The summed E-state index contributed by atoms with van der Waals surface area (Å²) in [6, 6.07) is 49.3. The van der Waals surface area contributed by atoms with Gasteiger partial charge in [-0.15, -0.1) is 0 Å². The lowest BCUT2D eigenvalue weighted by Gasteiger charge is -2.22. The zero-order chi connectivity index (χ0) is 27.7. The molecule has 6 aromatic carbocycles. The highest BCUT2D eigenvalue weighted by atomic mass is 15.0. The van der Waals surface area contributed by atoms with Gasteiger partial charge in [0.2, 0.25) is 0 Å². The van der Waals surface area contributed by atoms with Crippen molar-refractivity contribution < 1.29 is 0 Å². The Bertz CT molecular complexity index is 2140. The van der Waals surface area contributed by atoms with Gasteiger partial charge in [0.1, 0.15) is 0 Å². The standard InChI is InChI=1S/C40H31N/c1-26-10-8-13-31(22-26)41-38-17-7-5-15-34(38)35-24-29(19-21-39(35)41)27-11-9-12-28(23-27)30-18-20-33-32-14-4-6-16-36(32)40(2,3)37(33)25-30/h4-25H,1-3H3. The van der Waals surface area contributed by atoms with Gasteiger partial charge < -0.3 is 4.57 Å². The van der Waals surface area contributed by atoms with Crippen molar-refractivity contribution in [3.63, 3.8) is 0 Å². The molecule has 1 heteroatoms. The topological polar surface area (TPSA) is 4.93 Å². The molecule has 196 valence electrons. The molecule has 0 saturated heterocycles. The molecule has 0 atom stereocenters. The van der Waals surface area contributed by atoms with Crippen molar-refractivity contribution in [3.05, 3.63) is 150 Å². The van der Waals surface area contributed by atoms with Crippen molar-refractivity contribution >= 4 is 21.8 Å². The van der Waals surface area contributed by atoms with E-state index in [9.17, 15) is 0 Å². The minimum Gasteiger partial charge on any atom is -0.309 e. The first-order chi connectivity index (χ1) is 20.0. The summed E-state index contributed by atoms with van der Waals surface area (Å²) in [6.45, 7) is 6.85. The predicted molar refractivity (Wildman–Crippen MR) is 174 cm³/mol. The van der Waals surface area contributed by atoms with Crippen molar-refractivity contribution in [3.8, 4) is 39.1 Å². The summed E-state index contributed by atoms with van der Waals surface area (Å²) in [4.78, 5) is 0. The smallest absolute Gasteiger partial charge is 0.0541 e. The van der Waals surface area contributed by atoms with Gasteiger partial charge in [0.05, 0.1) is 11.0 Å². The highest BCUT2D eigenvalue weighted by Crippen LogP contribution is 2.49. The molecule has 0 saturated carbocycles. The van der Waals surface area contributed by atoms with Gasteiger partial charge in [-0.25, -0.2) is 0 Å². The van der Waals surface area contributed by atoms with E-state index in [2.05, 4.69) is 159 Å². The van der Waals surface area contributed by atoms with E-state index in [0.29, 0.717) is 0 Å². The fraction of sp³-hybridized carbons (Fsp3) is 0.100. The van der Waals surface area contributed by atoms with Crippen molar-refractivity contribution in [2.45, 2.75) is 26.2 Å². The number of rotatable bonds is 3. The molecule has 0 spiro atoms. The molecule has 0 N–H and O–H groups in total. The summed E-state index contributed by atoms with van der Waals surface area (Å²) in [5.41, 5.74) is 15.5. The number of hydrogen-bond donors (Lipinski definition) is 0. The van der Waals surface area contributed by atoms with Gasteiger partial charge in [-0.3, -0.25) is 0 Å². The lowest BCUT2D eigenvalue weighted by Crippen LogP contribution is -2.14. The van der Waals surface area contributed by atoms with Crippen LogP contribution in [0.1, 0.15) is 30.5 Å². The van der Waals surface area contributed by atoms with E-state index in [4.69, 9.17) is 0 Å². The second kappa shape index (κ2) is 8.81. The Labute approximate surface area is 241 Å². The van der Waals surface area contributed by atoms with Crippen LogP contribution in [-0.2, 0) is 5.41 Å². The van der Waals surface area contributed by atoms with Crippen LogP contribution in [0.2, 0.25) is 0 Å². The first-order valence-corrected chi connectivity index (χ1v) is 14.4. The van der Waals surface area contributed by atoms with E-state index >= 15 is 0 Å². The highest BCUT2D eigenvalue weighted by molar-refractivity contribution is 6.10. The molecule has 0 radical (unpaired) electrons. The fourth-order valence-corrected chi connectivity index (χ4v) is 6.96. The molecule has 1 aliphatic rings. The van der Waals surface area contributed by atoms with Crippen molar-refractivity contribution in [2.24, 2.45) is 0 Å². The monoisotopic (exact) mass is 525 g/mol. The van der Waals surface area contributed by atoms with E-state index in [0.717, 1.165) is 0 Å².